The summed E-state index contributed by atoms with van der Waals surface area (Å²) in [6.07, 6.45) is 6.29. The summed E-state index contributed by atoms with van der Waals surface area (Å²) < 4.78 is 0. The monoisotopic (exact) mass is 318 g/mol. The van der Waals surface area contributed by atoms with Crippen molar-refractivity contribution in [2.24, 2.45) is 0 Å². The molecule has 4 nitrogen and oxygen atoms in total. The molecule has 0 saturated carbocycles. The Morgan fingerprint density at radius 1 is 1.30 bits per heavy atom. The third-order valence-corrected chi connectivity index (χ3v) is 4.67. The van der Waals surface area contributed by atoms with Crippen molar-refractivity contribution < 1.29 is 9.90 Å². The van der Waals surface area contributed by atoms with Gasteiger partial charge in [-0.3, -0.25) is 4.79 Å². The molecule has 0 aromatic heterocycles. The number of nitrogens with one attached hydrogen (secondary N) is 1. The zero-order valence-corrected chi connectivity index (χ0v) is 14.2. The van der Waals surface area contributed by atoms with Crippen LogP contribution in [0, 0.1) is 0 Å². The normalized spacial score (nSPS) is 20.7. The number of rotatable bonds is 7. The maximum absolute atomic E-state index is 11.0. The van der Waals surface area contributed by atoms with Crippen molar-refractivity contribution in [3.63, 3.8) is 0 Å². The fraction of sp³-hybridized carbons (Fsp3) is 0.632. The molecule has 1 aromatic rings. The number of amides is 1. The number of aliphatic hydroxyl groups is 1. The van der Waals surface area contributed by atoms with Crippen molar-refractivity contribution in [2.45, 2.75) is 57.6 Å². The van der Waals surface area contributed by atoms with Crippen molar-refractivity contribution in [3.05, 3.63) is 35.9 Å². The Bertz CT molecular complexity index is 464. The van der Waals surface area contributed by atoms with Crippen LogP contribution in [0.5, 0.6) is 0 Å². The lowest BCUT2D eigenvalue weighted by Gasteiger charge is -2.31. The number of hydrogen-bond donors (Lipinski definition) is 2. The number of nitrogens with zero attached hydrogens (tertiary/aromatic N) is 1. The average molecular weight is 318 g/mol. The van der Waals surface area contributed by atoms with Gasteiger partial charge in [-0.05, 0) is 37.8 Å². The molecule has 0 radical (unpaired) electrons. The first-order chi connectivity index (χ1) is 11.2. The van der Waals surface area contributed by atoms with Crippen molar-refractivity contribution in [2.75, 3.05) is 19.6 Å². The van der Waals surface area contributed by atoms with Crippen LogP contribution in [0.15, 0.2) is 30.3 Å². The van der Waals surface area contributed by atoms with Crippen LogP contribution in [0.2, 0.25) is 0 Å². The largest absolute Gasteiger partial charge is 0.388 e. The van der Waals surface area contributed by atoms with Crippen LogP contribution < -0.4 is 5.32 Å². The number of carbonyl (C=O) groups is 1. The smallest absolute Gasteiger partial charge is 0.216 e. The third kappa shape index (κ3) is 6.32. The highest BCUT2D eigenvalue weighted by molar-refractivity contribution is 5.72. The van der Waals surface area contributed by atoms with E-state index in [1.165, 1.54) is 19.3 Å². The molecule has 1 amide bonds. The molecule has 1 aliphatic heterocycles. The molecule has 1 aliphatic rings. The van der Waals surface area contributed by atoms with Gasteiger partial charge in [0.05, 0.1) is 6.10 Å². The van der Waals surface area contributed by atoms with Gasteiger partial charge in [0, 0.05) is 26.1 Å². The van der Waals surface area contributed by atoms with E-state index in [0.717, 1.165) is 44.5 Å². The van der Waals surface area contributed by atoms with Crippen LogP contribution in [-0.4, -0.2) is 41.6 Å². The van der Waals surface area contributed by atoms with E-state index in [1.807, 2.05) is 30.3 Å². The number of likely N-dealkylation sites (tertiary alicyclic amines) is 1. The van der Waals surface area contributed by atoms with Crippen molar-refractivity contribution in [1.29, 1.82) is 0 Å². The van der Waals surface area contributed by atoms with E-state index in [1.54, 1.807) is 6.92 Å². The molecule has 0 aliphatic carbocycles. The number of aliphatic hydroxyl groups excluding tert-OH is 1. The Labute approximate surface area is 139 Å². The lowest BCUT2D eigenvalue weighted by atomic mass is 9.98. The van der Waals surface area contributed by atoms with Gasteiger partial charge >= 0.3 is 0 Å². The Morgan fingerprint density at radius 3 is 2.83 bits per heavy atom. The molecule has 1 fully saturated rings. The fourth-order valence-corrected chi connectivity index (χ4v) is 3.41. The molecule has 4 heteroatoms. The number of hydrogen-bond acceptors (Lipinski definition) is 3. The molecule has 0 spiro atoms. The highest BCUT2D eigenvalue weighted by atomic mass is 16.3. The standard InChI is InChI=1S/C19H30N2O2/c1-16(22)20-12-8-14-21-13-7-3-6-11-18(21)15-19(23)17-9-4-2-5-10-17/h2,4-5,9-10,18-19,23H,3,6-8,11-15H2,1H3,(H,20,22). The first kappa shape index (κ1) is 18.0. The summed E-state index contributed by atoms with van der Waals surface area (Å²) in [7, 11) is 0. The van der Waals surface area contributed by atoms with Crippen LogP contribution in [0.4, 0.5) is 0 Å². The van der Waals surface area contributed by atoms with E-state index in [-0.39, 0.29) is 5.91 Å². The summed E-state index contributed by atoms with van der Waals surface area (Å²) in [5.74, 6) is 0.0388. The molecule has 2 atom stereocenters. The Morgan fingerprint density at radius 2 is 2.09 bits per heavy atom. The highest BCUT2D eigenvalue weighted by Gasteiger charge is 2.23. The first-order valence-electron chi connectivity index (χ1n) is 8.88. The summed E-state index contributed by atoms with van der Waals surface area (Å²) in [6.45, 7) is 4.39. The molecule has 2 N–H and O–H groups in total. The predicted octanol–water partition coefficient (Wildman–Crippen LogP) is 2.88. The van der Waals surface area contributed by atoms with E-state index in [0.29, 0.717) is 6.04 Å². The quantitative estimate of drug-likeness (QED) is 0.760. The number of carbonyl (C=O) groups excluding carboxylic acids is 1. The second-order valence-electron chi connectivity index (χ2n) is 6.54. The SMILES string of the molecule is CC(=O)NCCCN1CCCCCC1CC(O)c1ccccc1. The Balaban J connectivity index is 1.88. The van der Waals surface area contributed by atoms with Gasteiger partial charge in [-0.1, -0.05) is 43.2 Å². The van der Waals surface area contributed by atoms with Gasteiger partial charge in [-0.25, -0.2) is 0 Å². The summed E-state index contributed by atoms with van der Waals surface area (Å²) in [4.78, 5) is 13.5. The molecule has 1 heterocycles. The van der Waals surface area contributed by atoms with Crippen LogP contribution >= 0.6 is 0 Å². The van der Waals surface area contributed by atoms with Gasteiger partial charge in [0.25, 0.3) is 0 Å². The maximum Gasteiger partial charge on any atom is 0.216 e. The van der Waals surface area contributed by atoms with Crippen molar-refractivity contribution in [1.82, 2.24) is 10.2 Å². The molecular formula is C19H30N2O2. The average Bonchev–Trinajstić information content (AvgIpc) is 2.77. The first-order valence-corrected chi connectivity index (χ1v) is 8.88. The maximum atomic E-state index is 11.0. The third-order valence-electron chi connectivity index (χ3n) is 4.67. The van der Waals surface area contributed by atoms with Crippen LogP contribution in [0.25, 0.3) is 0 Å². The van der Waals surface area contributed by atoms with E-state index < -0.39 is 6.10 Å². The zero-order chi connectivity index (χ0) is 16.5. The summed E-state index contributed by atoms with van der Waals surface area (Å²) >= 11 is 0. The molecular weight excluding hydrogens is 288 g/mol. The van der Waals surface area contributed by atoms with E-state index >= 15 is 0 Å². The minimum atomic E-state index is -0.392. The lowest BCUT2D eigenvalue weighted by molar-refractivity contribution is -0.118. The van der Waals surface area contributed by atoms with E-state index in [2.05, 4.69) is 10.2 Å². The Kier molecular flexibility index (Phi) is 7.56. The van der Waals surface area contributed by atoms with Gasteiger partial charge in [-0.2, -0.15) is 0 Å². The minimum Gasteiger partial charge on any atom is -0.388 e. The summed E-state index contributed by atoms with van der Waals surface area (Å²) in [5.41, 5.74) is 1.01. The van der Waals surface area contributed by atoms with Crippen LogP contribution in [0.1, 0.15) is 57.1 Å². The molecule has 2 rings (SSSR count). The summed E-state index contributed by atoms with van der Waals surface area (Å²) in [6, 6.07) is 10.4. The van der Waals surface area contributed by atoms with Gasteiger partial charge in [0.15, 0.2) is 0 Å². The number of benzene rings is 1. The topological polar surface area (TPSA) is 52.6 Å². The molecule has 128 valence electrons. The second kappa shape index (κ2) is 9.68. The fourth-order valence-electron chi connectivity index (χ4n) is 3.41. The predicted molar refractivity (Wildman–Crippen MR) is 93.1 cm³/mol. The second-order valence-corrected chi connectivity index (χ2v) is 6.54. The van der Waals surface area contributed by atoms with Crippen LogP contribution in [0.3, 0.4) is 0 Å². The zero-order valence-electron chi connectivity index (χ0n) is 14.2. The van der Waals surface area contributed by atoms with Crippen molar-refractivity contribution >= 4 is 5.91 Å². The van der Waals surface area contributed by atoms with E-state index in [9.17, 15) is 9.90 Å². The lowest BCUT2D eigenvalue weighted by Crippen LogP contribution is -2.38. The van der Waals surface area contributed by atoms with Gasteiger partial charge in [-0.15, -0.1) is 0 Å². The van der Waals surface area contributed by atoms with Gasteiger partial charge < -0.3 is 15.3 Å². The Hall–Kier alpha value is -1.39. The van der Waals surface area contributed by atoms with Crippen molar-refractivity contribution in [3.8, 4) is 0 Å². The molecule has 0 bridgehead atoms. The molecule has 1 aromatic carbocycles. The molecule has 1 saturated heterocycles. The molecule has 23 heavy (non-hydrogen) atoms. The highest BCUT2D eigenvalue weighted by Crippen LogP contribution is 2.26. The molecule has 2 unspecified atom stereocenters. The minimum absolute atomic E-state index is 0.0388. The van der Waals surface area contributed by atoms with E-state index in [4.69, 9.17) is 0 Å². The van der Waals surface area contributed by atoms with Gasteiger partial charge in [0.1, 0.15) is 0 Å². The summed E-state index contributed by atoms with van der Waals surface area (Å²) in [5, 5.41) is 13.4. The van der Waals surface area contributed by atoms with Crippen LogP contribution in [-0.2, 0) is 4.79 Å². The van der Waals surface area contributed by atoms with Gasteiger partial charge in [0.2, 0.25) is 5.91 Å².